The highest BCUT2D eigenvalue weighted by molar-refractivity contribution is 4.96. The van der Waals surface area contributed by atoms with E-state index >= 15 is 0 Å². The quantitative estimate of drug-likeness (QED) is 0.622. The van der Waals surface area contributed by atoms with Crippen molar-refractivity contribution in [1.29, 1.82) is 0 Å². The molecule has 2 nitrogen and oxygen atoms in total. The summed E-state index contributed by atoms with van der Waals surface area (Å²) < 4.78 is 0. The van der Waals surface area contributed by atoms with Crippen molar-refractivity contribution in [2.45, 2.75) is 58.4 Å². The lowest BCUT2D eigenvalue weighted by Gasteiger charge is -2.23. The summed E-state index contributed by atoms with van der Waals surface area (Å²) >= 11 is 0. The van der Waals surface area contributed by atoms with E-state index in [1.54, 1.807) is 0 Å². The molecule has 0 heterocycles. The van der Waals surface area contributed by atoms with Crippen LogP contribution in [0.5, 0.6) is 0 Å². The van der Waals surface area contributed by atoms with Gasteiger partial charge in [-0.2, -0.15) is 0 Å². The summed E-state index contributed by atoms with van der Waals surface area (Å²) in [6, 6.07) is 0.831. The maximum Gasteiger partial charge on any atom is 0.0482 e. The molecule has 16 heavy (non-hydrogen) atoms. The van der Waals surface area contributed by atoms with Gasteiger partial charge in [0.1, 0.15) is 0 Å². The van der Waals surface area contributed by atoms with Crippen molar-refractivity contribution in [2.24, 2.45) is 17.3 Å². The zero-order chi connectivity index (χ0) is 11.6. The molecule has 0 unspecified atom stereocenters. The summed E-state index contributed by atoms with van der Waals surface area (Å²) in [6.45, 7) is 5.74. The summed E-state index contributed by atoms with van der Waals surface area (Å²) in [4.78, 5) is 0. The molecule has 0 aromatic carbocycles. The van der Waals surface area contributed by atoms with Gasteiger partial charge in [0.2, 0.25) is 0 Å². The Morgan fingerprint density at radius 2 is 1.75 bits per heavy atom. The first-order valence-electron chi connectivity index (χ1n) is 6.97. The van der Waals surface area contributed by atoms with E-state index in [0.717, 1.165) is 30.8 Å². The van der Waals surface area contributed by atoms with Crippen LogP contribution < -0.4 is 5.32 Å². The van der Waals surface area contributed by atoms with E-state index in [0.29, 0.717) is 6.61 Å². The molecule has 0 bridgehead atoms. The van der Waals surface area contributed by atoms with Gasteiger partial charge in [0.25, 0.3) is 0 Å². The highest BCUT2D eigenvalue weighted by atomic mass is 16.3. The Bertz CT molecular complexity index is 207. The normalized spacial score (nSPS) is 21.8. The molecule has 0 saturated heterocycles. The van der Waals surface area contributed by atoms with Crippen LogP contribution >= 0.6 is 0 Å². The van der Waals surface area contributed by atoms with Crippen molar-refractivity contribution < 1.29 is 5.11 Å². The third kappa shape index (κ3) is 3.74. The molecule has 2 aliphatic rings. The Morgan fingerprint density at radius 3 is 2.19 bits per heavy atom. The molecule has 2 fully saturated rings. The van der Waals surface area contributed by atoms with Gasteiger partial charge in [-0.15, -0.1) is 0 Å². The van der Waals surface area contributed by atoms with Gasteiger partial charge < -0.3 is 10.4 Å². The number of nitrogens with one attached hydrogen (secondary N) is 1. The fraction of sp³-hybridized carbons (Fsp3) is 1.00. The van der Waals surface area contributed by atoms with Gasteiger partial charge in [-0.1, -0.05) is 13.8 Å². The van der Waals surface area contributed by atoms with E-state index in [2.05, 4.69) is 19.2 Å². The first-order chi connectivity index (χ1) is 7.62. The highest BCUT2D eigenvalue weighted by Gasteiger charge is 2.40. The second-order valence-electron chi connectivity index (χ2n) is 6.58. The SMILES string of the molecule is CC(C)(CO)CCCNC(C1CC1)C1CC1. The molecule has 2 aliphatic carbocycles. The van der Waals surface area contributed by atoms with Crippen molar-refractivity contribution in [3.8, 4) is 0 Å². The molecule has 94 valence electrons. The van der Waals surface area contributed by atoms with Gasteiger partial charge in [-0.3, -0.25) is 0 Å². The van der Waals surface area contributed by atoms with Crippen molar-refractivity contribution >= 4 is 0 Å². The largest absolute Gasteiger partial charge is 0.396 e. The van der Waals surface area contributed by atoms with E-state index < -0.39 is 0 Å². The molecule has 0 spiro atoms. The summed E-state index contributed by atoms with van der Waals surface area (Å²) in [7, 11) is 0. The Labute approximate surface area is 99.8 Å². The van der Waals surface area contributed by atoms with Crippen LogP contribution in [-0.2, 0) is 0 Å². The minimum atomic E-state index is 0.107. The van der Waals surface area contributed by atoms with Crippen LogP contribution in [0.4, 0.5) is 0 Å². The Kier molecular flexibility index (Phi) is 3.91. The highest BCUT2D eigenvalue weighted by Crippen LogP contribution is 2.44. The van der Waals surface area contributed by atoms with Crippen molar-refractivity contribution in [3.63, 3.8) is 0 Å². The first kappa shape index (κ1) is 12.4. The van der Waals surface area contributed by atoms with Crippen LogP contribution in [0.1, 0.15) is 52.4 Å². The third-order valence-electron chi connectivity index (χ3n) is 4.10. The molecular weight excluding hydrogens is 198 g/mol. The molecule has 0 atom stereocenters. The second-order valence-corrected chi connectivity index (χ2v) is 6.58. The lowest BCUT2D eigenvalue weighted by atomic mass is 9.89. The summed E-state index contributed by atoms with van der Waals surface area (Å²) in [5, 5.41) is 12.9. The smallest absolute Gasteiger partial charge is 0.0482 e. The van der Waals surface area contributed by atoms with E-state index in [1.807, 2.05) is 0 Å². The number of rotatable bonds is 8. The third-order valence-corrected chi connectivity index (χ3v) is 4.10. The lowest BCUT2D eigenvalue weighted by molar-refractivity contribution is 0.147. The van der Waals surface area contributed by atoms with E-state index in [1.165, 1.54) is 32.1 Å². The molecule has 0 amide bonds. The minimum absolute atomic E-state index is 0.107. The maximum absolute atomic E-state index is 9.18. The van der Waals surface area contributed by atoms with Gasteiger partial charge >= 0.3 is 0 Å². The molecule has 0 aliphatic heterocycles. The molecule has 0 aromatic heterocycles. The molecule has 0 aromatic rings. The van der Waals surface area contributed by atoms with Gasteiger partial charge in [-0.25, -0.2) is 0 Å². The van der Waals surface area contributed by atoms with Crippen LogP contribution in [0.2, 0.25) is 0 Å². The maximum atomic E-state index is 9.18. The number of hydrogen-bond donors (Lipinski definition) is 2. The molecule has 2 heteroatoms. The fourth-order valence-corrected chi connectivity index (χ4v) is 2.54. The number of hydrogen-bond acceptors (Lipinski definition) is 2. The zero-order valence-corrected chi connectivity index (χ0v) is 10.8. The molecule has 2 N–H and O–H groups in total. The molecule has 2 saturated carbocycles. The van der Waals surface area contributed by atoms with Gasteiger partial charge in [0.15, 0.2) is 0 Å². The molecule has 2 rings (SSSR count). The summed E-state index contributed by atoms with van der Waals surface area (Å²) in [5.74, 6) is 2.00. The predicted octanol–water partition coefficient (Wildman–Crippen LogP) is 2.56. The van der Waals surface area contributed by atoms with Gasteiger partial charge in [0.05, 0.1) is 0 Å². The monoisotopic (exact) mass is 225 g/mol. The second kappa shape index (κ2) is 5.05. The predicted molar refractivity (Wildman–Crippen MR) is 67.3 cm³/mol. The summed E-state index contributed by atoms with van der Waals surface area (Å²) in [6.07, 6.45) is 8.14. The number of aliphatic hydroxyl groups is 1. The van der Waals surface area contributed by atoms with Crippen LogP contribution in [0.3, 0.4) is 0 Å². The van der Waals surface area contributed by atoms with Crippen molar-refractivity contribution in [3.05, 3.63) is 0 Å². The Hall–Kier alpha value is -0.0800. The summed E-state index contributed by atoms with van der Waals surface area (Å²) in [5.41, 5.74) is 0.107. The van der Waals surface area contributed by atoms with Crippen molar-refractivity contribution in [1.82, 2.24) is 5.32 Å². The Morgan fingerprint density at radius 1 is 1.19 bits per heavy atom. The van der Waals surface area contributed by atoms with E-state index in [-0.39, 0.29) is 5.41 Å². The van der Waals surface area contributed by atoms with Gasteiger partial charge in [0, 0.05) is 12.6 Å². The molecular formula is C14H27NO. The Balaban J connectivity index is 1.59. The van der Waals surface area contributed by atoms with Crippen LogP contribution in [0.15, 0.2) is 0 Å². The lowest BCUT2D eigenvalue weighted by Crippen LogP contribution is -2.34. The standard InChI is InChI=1S/C14H27NO/c1-14(2,10-16)8-3-9-15-13(11-4-5-11)12-6-7-12/h11-13,15-16H,3-10H2,1-2H3. The van der Waals surface area contributed by atoms with Gasteiger partial charge in [-0.05, 0) is 62.3 Å². The fourth-order valence-electron chi connectivity index (χ4n) is 2.54. The van der Waals surface area contributed by atoms with Crippen LogP contribution in [-0.4, -0.2) is 24.3 Å². The van der Waals surface area contributed by atoms with E-state index in [9.17, 15) is 5.11 Å². The van der Waals surface area contributed by atoms with Crippen molar-refractivity contribution in [2.75, 3.05) is 13.2 Å². The average Bonchev–Trinajstić information content (AvgIpc) is 3.11. The first-order valence-corrected chi connectivity index (χ1v) is 6.97. The minimum Gasteiger partial charge on any atom is -0.396 e. The van der Waals surface area contributed by atoms with Crippen LogP contribution in [0, 0.1) is 17.3 Å². The molecule has 0 radical (unpaired) electrons. The zero-order valence-electron chi connectivity index (χ0n) is 10.8. The average molecular weight is 225 g/mol. The van der Waals surface area contributed by atoms with E-state index in [4.69, 9.17) is 0 Å². The number of aliphatic hydroxyl groups excluding tert-OH is 1. The topological polar surface area (TPSA) is 32.3 Å². The van der Waals surface area contributed by atoms with Crippen LogP contribution in [0.25, 0.3) is 0 Å².